The Bertz CT molecular complexity index is 881. The maximum Gasteiger partial charge on any atom is 0.251 e. The minimum Gasteiger partial charge on any atom is -0.508 e. The SMILES string of the molecule is CCNC(=NCC1CCCOC1c1ccc(C)cc1)NCCNC(=O)c1ccc(O)cc1. The van der Waals surface area contributed by atoms with Gasteiger partial charge >= 0.3 is 0 Å². The van der Waals surface area contributed by atoms with Crippen molar-refractivity contribution in [1.29, 1.82) is 0 Å². The monoisotopic (exact) mass is 438 g/mol. The number of aliphatic imine (C=N–C) groups is 1. The molecule has 172 valence electrons. The average Bonchev–Trinajstić information content (AvgIpc) is 2.81. The van der Waals surface area contributed by atoms with Crippen molar-refractivity contribution in [2.45, 2.75) is 32.8 Å². The van der Waals surface area contributed by atoms with E-state index in [1.165, 1.54) is 23.3 Å². The van der Waals surface area contributed by atoms with Gasteiger partial charge in [0.05, 0.1) is 6.10 Å². The summed E-state index contributed by atoms with van der Waals surface area (Å²) in [5.41, 5.74) is 2.98. The molecule has 3 rings (SSSR count). The third kappa shape index (κ3) is 6.99. The van der Waals surface area contributed by atoms with Crippen LogP contribution in [0.2, 0.25) is 0 Å². The standard InChI is InChI=1S/C25H34N4O3/c1-3-26-25(28-15-14-27-24(31)20-10-12-22(30)13-11-20)29-17-21-5-4-16-32-23(21)19-8-6-18(2)7-9-19/h6-13,21,23,30H,3-5,14-17H2,1-2H3,(H,27,31)(H2,26,28,29). The smallest absolute Gasteiger partial charge is 0.251 e. The summed E-state index contributed by atoms with van der Waals surface area (Å²) in [6.07, 6.45) is 2.21. The fourth-order valence-electron chi connectivity index (χ4n) is 3.78. The van der Waals surface area contributed by atoms with Crippen LogP contribution in [-0.2, 0) is 4.74 Å². The summed E-state index contributed by atoms with van der Waals surface area (Å²) < 4.78 is 6.11. The normalized spacial score (nSPS) is 18.8. The molecule has 2 unspecified atom stereocenters. The molecule has 2 atom stereocenters. The largest absolute Gasteiger partial charge is 0.508 e. The number of carbonyl (C=O) groups is 1. The summed E-state index contributed by atoms with van der Waals surface area (Å²) in [5.74, 6) is 1.03. The molecule has 7 nitrogen and oxygen atoms in total. The van der Waals surface area contributed by atoms with Crippen LogP contribution in [0.5, 0.6) is 5.75 Å². The Morgan fingerprint density at radius 2 is 1.78 bits per heavy atom. The first-order valence-corrected chi connectivity index (χ1v) is 11.3. The van der Waals surface area contributed by atoms with Crippen LogP contribution < -0.4 is 16.0 Å². The van der Waals surface area contributed by atoms with Gasteiger partial charge in [-0.1, -0.05) is 29.8 Å². The van der Waals surface area contributed by atoms with Gasteiger partial charge in [0.25, 0.3) is 5.91 Å². The van der Waals surface area contributed by atoms with Gasteiger partial charge in [-0.05, 0) is 56.5 Å². The number of aryl methyl sites for hydroxylation is 1. The van der Waals surface area contributed by atoms with Gasteiger partial charge in [0.2, 0.25) is 0 Å². The predicted octanol–water partition coefficient (Wildman–Crippen LogP) is 3.15. The highest BCUT2D eigenvalue weighted by atomic mass is 16.5. The van der Waals surface area contributed by atoms with E-state index in [1.807, 2.05) is 6.92 Å². The van der Waals surface area contributed by atoms with Crippen molar-refractivity contribution in [3.63, 3.8) is 0 Å². The van der Waals surface area contributed by atoms with E-state index in [1.54, 1.807) is 12.1 Å². The van der Waals surface area contributed by atoms with E-state index in [9.17, 15) is 9.90 Å². The van der Waals surface area contributed by atoms with E-state index in [2.05, 4.69) is 47.1 Å². The van der Waals surface area contributed by atoms with Gasteiger partial charge in [0.1, 0.15) is 5.75 Å². The van der Waals surface area contributed by atoms with E-state index >= 15 is 0 Å². The van der Waals surface area contributed by atoms with Crippen molar-refractivity contribution >= 4 is 11.9 Å². The van der Waals surface area contributed by atoms with Crippen LogP contribution in [-0.4, -0.2) is 49.8 Å². The van der Waals surface area contributed by atoms with Gasteiger partial charge < -0.3 is 25.8 Å². The molecule has 1 fully saturated rings. The minimum atomic E-state index is -0.172. The van der Waals surface area contributed by atoms with Crippen molar-refractivity contribution in [1.82, 2.24) is 16.0 Å². The Labute approximate surface area is 190 Å². The number of carbonyl (C=O) groups excluding carboxylic acids is 1. The predicted molar refractivity (Wildman–Crippen MR) is 127 cm³/mol. The van der Waals surface area contributed by atoms with Gasteiger partial charge in [-0.25, -0.2) is 0 Å². The van der Waals surface area contributed by atoms with Crippen molar-refractivity contribution in [2.75, 3.05) is 32.8 Å². The van der Waals surface area contributed by atoms with Crippen LogP contribution in [0.4, 0.5) is 0 Å². The number of nitrogens with one attached hydrogen (secondary N) is 3. The van der Waals surface area contributed by atoms with Gasteiger partial charge in [-0.3, -0.25) is 9.79 Å². The molecule has 2 aromatic rings. The Morgan fingerprint density at radius 1 is 1.06 bits per heavy atom. The number of rotatable bonds is 8. The minimum absolute atomic E-state index is 0.0700. The molecule has 0 bridgehead atoms. The lowest BCUT2D eigenvalue weighted by Gasteiger charge is -2.31. The lowest BCUT2D eigenvalue weighted by molar-refractivity contribution is -0.0250. The van der Waals surface area contributed by atoms with Crippen LogP contribution in [0.1, 0.15) is 47.4 Å². The first kappa shape index (κ1) is 23.6. The third-order valence-corrected chi connectivity index (χ3v) is 5.51. The topological polar surface area (TPSA) is 95.0 Å². The molecule has 0 spiro atoms. The molecule has 1 aliphatic heterocycles. The summed E-state index contributed by atoms with van der Waals surface area (Å²) in [7, 11) is 0. The van der Waals surface area contributed by atoms with E-state index < -0.39 is 0 Å². The summed E-state index contributed by atoms with van der Waals surface area (Å²) in [4.78, 5) is 17.0. The molecule has 2 aromatic carbocycles. The van der Waals surface area contributed by atoms with Crippen molar-refractivity contribution in [3.8, 4) is 5.75 Å². The summed E-state index contributed by atoms with van der Waals surface area (Å²) in [5, 5.41) is 18.7. The molecule has 7 heteroatoms. The van der Waals surface area contributed by atoms with Crippen LogP contribution >= 0.6 is 0 Å². The van der Waals surface area contributed by atoms with Crippen molar-refractivity contribution < 1.29 is 14.6 Å². The van der Waals surface area contributed by atoms with Gasteiger partial charge in [-0.15, -0.1) is 0 Å². The maximum atomic E-state index is 12.2. The van der Waals surface area contributed by atoms with E-state index in [0.29, 0.717) is 31.1 Å². The van der Waals surface area contributed by atoms with Gasteiger partial charge in [0, 0.05) is 44.3 Å². The molecular weight excluding hydrogens is 404 g/mol. The molecule has 4 N–H and O–H groups in total. The lowest BCUT2D eigenvalue weighted by atomic mass is 9.89. The number of hydrogen-bond donors (Lipinski definition) is 4. The number of aromatic hydroxyl groups is 1. The molecule has 0 aliphatic carbocycles. The van der Waals surface area contributed by atoms with Crippen molar-refractivity contribution in [2.24, 2.45) is 10.9 Å². The zero-order valence-electron chi connectivity index (χ0n) is 18.9. The average molecular weight is 439 g/mol. The second kappa shape index (κ2) is 12.1. The lowest BCUT2D eigenvalue weighted by Crippen LogP contribution is -2.42. The highest BCUT2D eigenvalue weighted by Gasteiger charge is 2.27. The van der Waals surface area contributed by atoms with E-state index in [-0.39, 0.29) is 17.8 Å². The number of phenols is 1. The van der Waals surface area contributed by atoms with E-state index in [0.717, 1.165) is 32.0 Å². The van der Waals surface area contributed by atoms with Crippen molar-refractivity contribution in [3.05, 3.63) is 65.2 Å². The zero-order chi connectivity index (χ0) is 22.8. The number of ether oxygens (including phenoxy) is 1. The molecule has 0 aromatic heterocycles. The third-order valence-electron chi connectivity index (χ3n) is 5.51. The molecular formula is C25H34N4O3. The van der Waals surface area contributed by atoms with E-state index in [4.69, 9.17) is 9.73 Å². The first-order chi connectivity index (χ1) is 15.6. The van der Waals surface area contributed by atoms with Crippen LogP contribution in [0.15, 0.2) is 53.5 Å². The molecule has 1 aliphatic rings. The molecule has 1 amide bonds. The Kier molecular flexibility index (Phi) is 8.92. The zero-order valence-corrected chi connectivity index (χ0v) is 18.9. The quantitative estimate of drug-likeness (QED) is 0.289. The molecule has 1 heterocycles. The Hall–Kier alpha value is -3.06. The number of nitrogens with zero attached hydrogens (tertiary/aromatic N) is 1. The number of benzene rings is 2. The van der Waals surface area contributed by atoms with Crippen LogP contribution in [0, 0.1) is 12.8 Å². The first-order valence-electron chi connectivity index (χ1n) is 11.3. The summed E-state index contributed by atoms with van der Waals surface area (Å²) >= 11 is 0. The molecule has 0 radical (unpaired) electrons. The fourth-order valence-corrected chi connectivity index (χ4v) is 3.78. The maximum absolute atomic E-state index is 12.2. The van der Waals surface area contributed by atoms with Gasteiger partial charge in [-0.2, -0.15) is 0 Å². The summed E-state index contributed by atoms with van der Waals surface area (Å²) in [6, 6.07) is 14.8. The fraction of sp³-hybridized carbons (Fsp3) is 0.440. The summed E-state index contributed by atoms with van der Waals surface area (Å²) in [6.45, 7) is 7.36. The van der Waals surface area contributed by atoms with Crippen LogP contribution in [0.25, 0.3) is 0 Å². The Balaban J connectivity index is 1.51. The highest BCUT2D eigenvalue weighted by Crippen LogP contribution is 2.33. The number of phenolic OH excluding ortho intramolecular Hbond substituents is 1. The number of guanidine groups is 1. The van der Waals surface area contributed by atoms with Gasteiger partial charge in [0.15, 0.2) is 5.96 Å². The molecule has 32 heavy (non-hydrogen) atoms. The number of hydrogen-bond acceptors (Lipinski definition) is 4. The second-order valence-corrected chi connectivity index (χ2v) is 8.05. The molecule has 0 saturated carbocycles. The molecule has 1 saturated heterocycles. The van der Waals surface area contributed by atoms with Crippen LogP contribution in [0.3, 0.4) is 0 Å². The Morgan fingerprint density at radius 3 is 2.50 bits per heavy atom. The highest BCUT2D eigenvalue weighted by molar-refractivity contribution is 5.94. The second-order valence-electron chi connectivity index (χ2n) is 8.05. The number of amides is 1.